The summed E-state index contributed by atoms with van der Waals surface area (Å²) in [6.45, 7) is 0. The lowest BCUT2D eigenvalue weighted by molar-refractivity contribution is 0.592. The highest BCUT2D eigenvalue weighted by Crippen LogP contribution is 2.31. The fraction of sp³-hybridized carbons (Fsp3) is 0.125. The van der Waals surface area contributed by atoms with Crippen LogP contribution in [-0.4, -0.2) is 18.2 Å². The lowest BCUT2D eigenvalue weighted by atomic mass is 10.3. The van der Waals surface area contributed by atoms with Gasteiger partial charge in [0, 0.05) is 22.2 Å². The molecular weight excluding hydrogens is 304 g/mol. The second kappa shape index (κ2) is 3.47. The second-order valence-electron chi connectivity index (χ2n) is 3.00. The van der Waals surface area contributed by atoms with Crippen molar-refractivity contribution in [2.45, 2.75) is 5.03 Å². The first kappa shape index (κ1) is 10.9. The summed E-state index contributed by atoms with van der Waals surface area (Å²) in [6, 6.07) is 5.26. The maximum atomic E-state index is 11.4. The van der Waals surface area contributed by atoms with Crippen molar-refractivity contribution in [2.75, 3.05) is 0 Å². The molecule has 2 aromatic rings. The molecule has 2 rings (SSSR count). The van der Waals surface area contributed by atoms with E-state index >= 15 is 0 Å². The Kier molecular flexibility index (Phi) is 2.52. The molecule has 7 heteroatoms. The maximum absolute atomic E-state index is 11.4. The molecule has 0 unspecified atom stereocenters. The molecule has 1 aromatic carbocycles. The van der Waals surface area contributed by atoms with Gasteiger partial charge in [-0.1, -0.05) is 6.07 Å². The summed E-state index contributed by atoms with van der Waals surface area (Å²) in [5.74, 6) is 0. The first-order chi connectivity index (χ1) is 6.91. The molecule has 1 aromatic heterocycles. The SMILES string of the molecule is Cn1nc2cccc(Br)c2c1S(=O)(=O)Cl. The highest BCUT2D eigenvalue weighted by atomic mass is 79.9. The van der Waals surface area contributed by atoms with Crippen LogP contribution in [0.25, 0.3) is 10.9 Å². The molecule has 0 saturated heterocycles. The van der Waals surface area contributed by atoms with Gasteiger partial charge in [0.05, 0.1) is 10.9 Å². The summed E-state index contributed by atoms with van der Waals surface area (Å²) in [4.78, 5) is 0. The van der Waals surface area contributed by atoms with E-state index in [-0.39, 0.29) is 5.03 Å². The third-order valence-electron chi connectivity index (χ3n) is 1.99. The van der Waals surface area contributed by atoms with Gasteiger partial charge >= 0.3 is 0 Å². The molecule has 0 spiro atoms. The molecule has 0 bridgehead atoms. The number of halogens is 2. The van der Waals surface area contributed by atoms with Gasteiger partial charge in [-0.3, -0.25) is 4.68 Å². The fourth-order valence-corrected chi connectivity index (χ4v) is 3.48. The van der Waals surface area contributed by atoms with Crippen LogP contribution in [0.4, 0.5) is 0 Å². The first-order valence-corrected chi connectivity index (χ1v) is 7.07. The molecule has 1 heterocycles. The van der Waals surface area contributed by atoms with Crippen molar-refractivity contribution in [1.82, 2.24) is 9.78 Å². The average molecular weight is 310 g/mol. The highest BCUT2D eigenvalue weighted by molar-refractivity contribution is 9.10. The number of hydrogen-bond acceptors (Lipinski definition) is 3. The van der Waals surface area contributed by atoms with Crippen molar-refractivity contribution in [3.05, 3.63) is 22.7 Å². The van der Waals surface area contributed by atoms with Crippen molar-refractivity contribution in [1.29, 1.82) is 0 Å². The summed E-state index contributed by atoms with van der Waals surface area (Å²) in [5, 5.41) is 4.58. The van der Waals surface area contributed by atoms with Gasteiger partial charge in [0.25, 0.3) is 9.05 Å². The van der Waals surface area contributed by atoms with E-state index in [0.717, 1.165) is 0 Å². The summed E-state index contributed by atoms with van der Waals surface area (Å²) >= 11 is 3.28. The Morgan fingerprint density at radius 2 is 2.13 bits per heavy atom. The van der Waals surface area contributed by atoms with Crippen molar-refractivity contribution in [3.8, 4) is 0 Å². The van der Waals surface area contributed by atoms with Gasteiger partial charge in [0.15, 0.2) is 5.03 Å². The molecule has 0 N–H and O–H groups in total. The molecule has 0 radical (unpaired) electrons. The molecule has 80 valence electrons. The van der Waals surface area contributed by atoms with E-state index < -0.39 is 9.05 Å². The minimum absolute atomic E-state index is 0.00615. The van der Waals surface area contributed by atoms with Crippen molar-refractivity contribution < 1.29 is 8.42 Å². The summed E-state index contributed by atoms with van der Waals surface area (Å²) < 4.78 is 24.7. The van der Waals surface area contributed by atoms with E-state index in [4.69, 9.17) is 10.7 Å². The number of benzene rings is 1. The number of hydrogen-bond donors (Lipinski definition) is 0. The Morgan fingerprint density at radius 3 is 2.73 bits per heavy atom. The Hall–Kier alpha value is -0.590. The third kappa shape index (κ3) is 1.77. The highest BCUT2D eigenvalue weighted by Gasteiger charge is 2.22. The van der Waals surface area contributed by atoms with Gasteiger partial charge in [-0.05, 0) is 28.1 Å². The normalized spacial score (nSPS) is 12.2. The number of aryl methyl sites for hydroxylation is 1. The molecular formula is C8H6BrClN2O2S. The molecule has 4 nitrogen and oxygen atoms in total. The van der Waals surface area contributed by atoms with E-state index in [1.54, 1.807) is 25.2 Å². The van der Waals surface area contributed by atoms with Crippen molar-refractivity contribution in [2.24, 2.45) is 7.05 Å². The minimum atomic E-state index is -3.80. The van der Waals surface area contributed by atoms with Crippen LogP contribution in [-0.2, 0) is 16.1 Å². The largest absolute Gasteiger partial charge is 0.279 e. The third-order valence-corrected chi connectivity index (χ3v) is 4.02. The molecule has 0 amide bonds. The zero-order valence-corrected chi connectivity index (χ0v) is 10.8. The van der Waals surface area contributed by atoms with Crippen LogP contribution in [0.15, 0.2) is 27.7 Å². The fourth-order valence-electron chi connectivity index (χ4n) is 1.46. The number of rotatable bonds is 1. The smallest absolute Gasteiger partial charge is 0.255 e. The summed E-state index contributed by atoms with van der Waals surface area (Å²) in [6.07, 6.45) is 0. The van der Waals surface area contributed by atoms with Crippen LogP contribution in [0.3, 0.4) is 0 Å². The molecule has 0 aliphatic rings. The van der Waals surface area contributed by atoms with Crippen LogP contribution in [0.1, 0.15) is 0 Å². The average Bonchev–Trinajstić information content (AvgIpc) is 2.41. The maximum Gasteiger partial charge on any atom is 0.279 e. The predicted molar refractivity (Wildman–Crippen MR) is 61.5 cm³/mol. The predicted octanol–water partition coefficient (Wildman–Crippen LogP) is 2.26. The van der Waals surface area contributed by atoms with Gasteiger partial charge in [0.2, 0.25) is 0 Å². The standard InChI is InChI=1S/C8H6BrClN2O2S/c1-12-8(15(10,13)14)7-5(9)3-2-4-6(7)11-12/h2-4H,1H3. The Balaban J connectivity index is 3.02. The monoisotopic (exact) mass is 308 g/mol. The van der Waals surface area contributed by atoms with Gasteiger partial charge in [-0.15, -0.1) is 0 Å². The number of nitrogens with zero attached hydrogens (tertiary/aromatic N) is 2. The molecule has 0 aliphatic carbocycles. The van der Waals surface area contributed by atoms with Crippen LogP contribution in [0, 0.1) is 0 Å². The lowest BCUT2D eigenvalue weighted by Crippen LogP contribution is -2.01. The molecule has 0 atom stereocenters. The van der Waals surface area contributed by atoms with E-state index in [0.29, 0.717) is 15.4 Å². The minimum Gasteiger partial charge on any atom is -0.255 e. The van der Waals surface area contributed by atoms with Crippen LogP contribution in [0.5, 0.6) is 0 Å². The quantitative estimate of drug-likeness (QED) is 0.759. The summed E-state index contributed by atoms with van der Waals surface area (Å²) in [7, 11) is 3.09. The number of aromatic nitrogens is 2. The second-order valence-corrected chi connectivity index (χ2v) is 6.34. The van der Waals surface area contributed by atoms with Gasteiger partial charge in [-0.25, -0.2) is 8.42 Å². The van der Waals surface area contributed by atoms with Gasteiger partial charge in [-0.2, -0.15) is 5.10 Å². The van der Waals surface area contributed by atoms with Crippen molar-refractivity contribution >= 4 is 46.6 Å². The van der Waals surface area contributed by atoms with Gasteiger partial charge in [0.1, 0.15) is 0 Å². The first-order valence-electron chi connectivity index (χ1n) is 3.97. The zero-order chi connectivity index (χ0) is 11.2. The van der Waals surface area contributed by atoms with Crippen molar-refractivity contribution in [3.63, 3.8) is 0 Å². The topological polar surface area (TPSA) is 52.0 Å². The van der Waals surface area contributed by atoms with Crippen LogP contribution < -0.4 is 0 Å². The molecule has 0 aliphatic heterocycles. The van der Waals surface area contributed by atoms with Crippen LogP contribution >= 0.6 is 26.6 Å². The lowest BCUT2D eigenvalue weighted by Gasteiger charge is -1.98. The van der Waals surface area contributed by atoms with E-state index in [1.807, 2.05) is 0 Å². The Labute approximate surface area is 99.4 Å². The van der Waals surface area contributed by atoms with E-state index in [1.165, 1.54) is 4.68 Å². The Morgan fingerprint density at radius 1 is 1.47 bits per heavy atom. The van der Waals surface area contributed by atoms with E-state index in [2.05, 4.69) is 21.0 Å². The number of fused-ring (bicyclic) bond motifs is 1. The van der Waals surface area contributed by atoms with E-state index in [9.17, 15) is 8.42 Å². The zero-order valence-electron chi connectivity index (χ0n) is 7.61. The van der Waals surface area contributed by atoms with Gasteiger partial charge < -0.3 is 0 Å². The molecule has 15 heavy (non-hydrogen) atoms. The molecule has 0 fully saturated rings. The Bertz CT molecular complexity index is 635. The summed E-state index contributed by atoms with van der Waals surface area (Å²) in [5.41, 5.74) is 0.589. The van der Waals surface area contributed by atoms with Crippen LogP contribution in [0.2, 0.25) is 0 Å². The molecule has 0 saturated carbocycles.